The lowest BCUT2D eigenvalue weighted by Crippen LogP contribution is -2.32. The number of nitrogens with two attached hydrogens (primary N) is 2. The number of hydrogen-bond donors (Lipinski definition) is 4. The predicted molar refractivity (Wildman–Crippen MR) is 144 cm³/mol. The zero-order chi connectivity index (χ0) is 25.9. The summed E-state index contributed by atoms with van der Waals surface area (Å²) in [5, 5.41) is 6.33. The van der Waals surface area contributed by atoms with Gasteiger partial charge in [0, 0.05) is 22.8 Å². The maximum absolute atomic E-state index is 13.1. The second-order valence-corrected chi connectivity index (χ2v) is 9.70. The van der Waals surface area contributed by atoms with Crippen molar-refractivity contribution in [1.29, 1.82) is 0 Å². The van der Waals surface area contributed by atoms with Crippen LogP contribution in [-0.4, -0.2) is 24.5 Å². The van der Waals surface area contributed by atoms with Crippen molar-refractivity contribution in [3.63, 3.8) is 0 Å². The van der Waals surface area contributed by atoms with Gasteiger partial charge >= 0.3 is 5.97 Å². The molecule has 36 heavy (non-hydrogen) atoms. The fourth-order valence-corrected chi connectivity index (χ4v) is 4.20. The smallest absolute Gasteiger partial charge is 0.337 e. The zero-order valence-corrected chi connectivity index (χ0v) is 20.8. The van der Waals surface area contributed by atoms with Gasteiger partial charge in [-0.1, -0.05) is 48.5 Å². The van der Waals surface area contributed by atoms with Crippen LogP contribution in [0, 0.1) is 0 Å². The molecule has 1 aliphatic heterocycles. The Bertz CT molecular complexity index is 1290. The lowest BCUT2D eigenvalue weighted by Gasteiger charge is -2.21. The number of carbonyl (C=O) groups is 2. The third kappa shape index (κ3) is 5.64. The van der Waals surface area contributed by atoms with Gasteiger partial charge in [-0.05, 0) is 62.1 Å². The van der Waals surface area contributed by atoms with Gasteiger partial charge in [-0.2, -0.15) is 0 Å². The summed E-state index contributed by atoms with van der Waals surface area (Å²) in [4.78, 5) is 25.1. The molecule has 1 aliphatic rings. The largest absolute Gasteiger partial charge is 0.465 e. The maximum Gasteiger partial charge on any atom is 0.337 e. The molecule has 3 aromatic rings. The molecular formula is C29H32N4O3. The normalized spacial score (nSPS) is 15.1. The van der Waals surface area contributed by atoms with E-state index in [-0.39, 0.29) is 17.5 Å². The van der Waals surface area contributed by atoms with Crippen LogP contribution in [0.3, 0.4) is 0 Å². The van der Waals surface area contributed by atoms with Gasteiger partial charge in [0.15, 0.2) is 0 Å². The van der Waals surface area contributed by atoms with E-state index >= 15 is 0 Å². The monoisotopic (exact) mass is 484 g/mol. The second-order valence-electron chi connectivity index (χ2n) is 9.70. The number of hydrogen-bond acceptors (Lipinski definition) is 6. The third-order valence-corrected chi connectivity index (χ3v) is 6.21. The molecule has 0 saturated carbocycles. The van der Waals surface area contributed by atoms with Crippen LogP contribution in [-0.2, 0) is 9.53 Å². The molecule has 0 bridgehead atoms. The van der Waals surface area contributed by atoms with Crippen LogP contribution < -0.4 is 22.1 Å². The molecule has 186 valence electrons. The van der Waals surface area contributed by atoms with E-state index in [1.54, 1.807) is 18.2 Å². The lowest BCUT2D eigenvalue weighted by molar-refractivity contribution is -0.110. The maximum atomic E-state index is 13.1. The van der Waals surface area contributed by atoms with Gasteiger partial charge in [-0.25, -0.2) is 4.79 Å². The van der Waals surface area contributed by atoms with E-state index in [2.05, 4.69) is 10.6 Å². The second kappa shape index (κ2) is 10.4. The summed E-state index contributed by atoms with van der Waals surface area (Å²) in [5.41, 5.74) is 17.8. The van der Waals surface area contributed by atoms with Crippen LogP contribution in [0.1, 0.15) is 59.8 Å². The number of amides is 1. The van der Waals surface area contributed by atoms with E-state index in [9.17, 15) is 9.59 Å². The van der Waals surface area contributed by atoms with E-state index in [4.69, 9.17) is 16.2 Å². The summed E-state index contributed by atoms with van der Waals surface area (Å²) in [6.07, 6.45) is 1.62. The highest BCUT2D eigenvalue weighted by atomic mass is 16.5. The van der Waals surface area contributed by atoms with E-state index in [1.165, 1.54) is 7.11 Å². The molecule has 0 radical (unpaired) electrons. The molecule has 1 unspecified atom stereocenters. The molecule has 1 heterocycles. The van der Waals surface area contributed by atoms with Crippen molar-refractivity contribution < 1.29 is 14.3 Å². The number of methoxy groups -OCH3 is 1. The Morgan fingerprint density at radius 3 is 2.36 bits per heavy atom. The number of fused-ring (bicyclic) bond motifs is 1. The Kier molecular flexibility index (Phi) is 7.24. The molecule has 0 saturated heterocycles. The number of benzene rings is 3. The first-order valence-corrected chi connectivity index (χ1v) is 11.9. The highest BCUT2D eigenvalue weighted by Crippen LogP contribution is 2.38. The Balaban J connectivity index is 1.68. The average molecular weight is 485 g/mol. The number of esters is 1. The molecule has 1 atom stereocenters. The van der Waals surface area contributed by atoms with Gasteiger partial charge in [-0.15, -0.1) is 0 Å². The summed E-state index contributed by atoms with van der Waals surface area (Å²) in [5.74, 6) is -0.708. The topological polar surface area (TPSA) is 119 Å². The van der Waals surface area contributed by atoms with Crippen LogP contribution in [0.2, 0.25) is 0 Å². The number of ether oxygens (including phenoxy) is 1. The van der Waals surface area contributed by atoms with Crippen LogP contribution in [0.15, 0.2) is 72.8 Å². The molecule has 0 aromatic heterocycles. The van der Waals surface area contributed by atoms with E-state index in [1.807, 2.05) is 68.4 Å². The molecule has 7 heteroatoms. The first-order chi connectivity index (χ1) is 17.2. The Labute approximate surface area is 211 Å². The Morgan fingerprint density at radius 2 is 1.72 bits per heavy atom. The zero-order valence-electron chi connectivity index (χ0n) is 20.8. The van der Waals surface area contributed by atoms with Gasteiger partial charge in [-0.3, -0.25) is 4.79 Å². The number of anilines is 2. The molecule has 0 aliphatic carbocycles. The fourth-order valence-electron chi connectivity index (χ4n) is 4.20. The van der Waals surface area contributed by atoms with Gasteiger partial charge in [0.25, 0.3) is 5.91 Å². The van der Waals surface area contributed by atoms with Crippen molar-refractivity contribution in [2.45, 2.75) is 38.3 Å². The molecule has 7 nitrogen and oxygen atoms in total. The highest BCUT2D eigenvalue weighted by molar-refractivity contribution is 6.37. The van der Waals surface area contributed by atoms with Crippen molar-refractivity contribution >= 4 is 34.5 Å². The minimum atomic E-state index is -0.459. The van der Waals surface area contributed by atoms with Gasteiger partial charge in [0.05, 0.1) is 29.6 Å². The molecule has 0 spiro atoms. The Morgan fingerprint density at radius 1 is 1.03 bits per heavy atom. The summed E-state index contributed by atoms with van der Waals surface area (Å²) in [6, 6.07) is 22.5. The first-order valence-electron chi connectivity index (χ1n) is 11.9. The van der Waals surface area contributed by atoms with Crippen molar-refractivity contribution in [2.75, 3.05) is 17.7 Å². The van der Waals surface area contributed by atoms with Crippen molar-refractivity contribution in [2.24, 2.45) is 11.5 Å². The number of rotatable bonds is 8. The van der Waals surface area contributed by atoms with Crippen LogP contribution in [0.25, 0.3) is 11.3 Å². The number of carbonyl (C=O) groups excluding carboxylic acids is 2. The standard InChI is InChI=1S/C29H32N4O3/c1-29(2,31)16-15-23(30)18-9-12-21(13-10-18)32-26(19-7-5-4-6-8-19)25-22-14-11-20(28(35)36-3)17-24(22)33-27(25)34/h4-14,17,23,32H,15-16,30-31H2,1-3H3,(H,33,34). The van der Waals surface area contributed by atoms with Gasteiger partial charge in [0.1, 0.15) is 0 Å². The van der Waals surface area contributed by atoms with Crippen LogP contribution in [0.4, 0.5) is 11.4 Å². The minimum absolute atomic E-state index is 0.106. The summed E-state index contributed by atoms with van der Waals surface area (Å²) in [6.45, 7) is 4.00. The number of nitrogens with one attached hydrogen (secondary N) is 2. The highest BCUT2D eigenvalue weighted by Gasteiger charge is 2.29. The SMILES string of the molecule is COC(=O)c1ccc2c(c1)NC(=O)C2=C(Nc1ccc(C(N)CCC(C)(C)N)cc1)c1ccccc1. The summed E-state index contributed by atoms with van der Waals surface area (Å²) >= 11 is 0. The third-order valence-electron chi connectivity index (χ3n) is 6.21. The van der Waals surface area contributed by atoms with Crippen LogP contribution in [0.5, 0.6) is 0 Å². The lowest BCUT2D eigenvalue weighted by atomic mass is 9.94. The quantitative estimate of drug-likeness (QED) is 0.266. The average Bonchev–Trinajstić information content (AvgIpc) is 3.20. The van der Waals surface area contributed by atoms with Crippen molar-refractivity contribution in [1.82, 2.24) is 0 Å². The Hall–Kier alpha value is -3.94. The first kappa shape index (κ1) is 25.2. The molecule has 0 fully saturated rings. The molecule has 3 aromatic carbocycles. The molecule has 1 amide bonds. The minimum Gasteiger partial charge on any atom is -0.465 e. The van der Waals surface area contributed by atoms with Crippen molar-refractivity contribution in [3.8, 4) is 0 Å². The molecule has 4 rings (SSSR count). The van der Waals surface area contributed by atoms with Gasteiger partial charge in [0.2, 0.25) is 0 Å². The molecular weight excluding hydrogens is 452 g/mol. The molecule has 6 N–H and O–H groups in total. The van der Waals surface area contributed by atoms with E-state index < -0.39 is 5.97 Å². The summed E-state index contributed by atoms with van der Waals surface area (Å²) < 4.78 is 4.81. The van der Waals surface area contributed by atoms with Gasteiger partial charge < -0.3 is 26.8 Å². The van der Waals surface area contributed by atoms with Crippen LogP contribution >= 0.6 is 0 Å². The van der Waals surface area contributed by atoms with E-state index in [0.29, 0.717) is 28.1 Å². The predicted octanol–water partition coefficient (Wildman–Crippen LogP) is 4.92. The van der Waals surface area contributed by atoms with Crippen molar-refractivity contribution in [3.05, 3.63) is 95.1 Å². The van der Waals surface area contributed by atoms with E-state index in [0.717, 1.165) is 29.7 Å². The fraction of sp³-hybridized carbons (Fsp3) is 0.241. The summed E-state index contributed by atoms with van der Waals surface area (Å²) in [7, 11) is 1.33.